The number of likely N-dealkylation sites (tertiary alicyclic amines) is 1. The summed E-state index contributed by atoms with van der Waals surface area (Å²) in [5.41, 5.74) is 1.04. The highest BCUT2D eigenvalue weighted by atomic mass is 32.1. The fourth-order valence-corrected chi connectivity index (χ4v) is 3.61. The zero-order valence-corrected chi connectivity index (χ0v) is 16.3. The van der Waals surface area contributed by atoms with E-state index in [1.807, 2.05) is 25.1 Å². The van der Waals surface area contributed by atoms with Crippen LogP contribution < -0.4 is 14.8 Å². The summed E-state index contributed by atoms with van der Waals surface area (Å²) in [5, 5.41) is 11.8. The van der Waals surface area contributed by atoms with E-state index >= 15 is 0 Å². The second-order valence-corrected chi connectivity index (χ2v) is 7.48. The van der Waals surface area contributed by atoms with E-state index in [0.717, 1.165) is 10.6 Å². The number of carbonyl (C=O) groups excluding carboxylic acids is 2. The lowest BCUT2D eigenvalue weighted by Crippen LogP contribution is -2.30. The Kier molecular flexibility index (Phi) is 5.90. The molecule has 0 bridgehead atoms. The van der Waals surface area contributed by atoms with Gasteiger partial charge >= 0.3 is 0 Å². The van der Waals surface area contributed by atoms with Gasteiger partial charge in [0, 0.05) is 19.5 Å². The number of nitrogens with zero attached hydrogens (tertiary/aromatic N) is 3. The Balaban J connectivity index is 1.55. The minimum absolute atomic E-state index is 0.0101. The van der Waals surface area contributed by atoms with Crippen LogP contribution >= 0.6 is 11.3 Å². The first-order valence-electron chi connectivity index (χ1n) is 8.59. The van der Waals surface area contributed by atoms with Crippen molar-refractivity contribution in [3.8, 4) is 11.5 Å². The normalized spacial score (nSPS) is 16.5. The Hall–Kier alpha value is -2.68. The van der Waals surface area contributed by atoms with E-state index in [9.17, 15) is 9.59 Å². The number of carbonyl (C=O) groups is 2. The van der Waals surface area contributed by atoms with Crippen molar-refractivity contribution in [2.24, 2.45) is 5.92 Å². The number of benzene rings is 1. The van der Waals surface area contributed by atoms with E-state index in [-0.39, 0.29) is 24.2 Å². The molecule has 1 fully saturated rings. The van der Waals surface area contributed by atoms with Gasteiger partial charge in [-0.3, -0.25) is 9.59 Å². The highest BCUT2D eigenvalue weighted by Gasteiger charge is 2.34. The Morgan fingerprint density at radius 1 is 1.30 bits per heavy atom. The second kappa shape index (κ2) is 8.34. The SMILES string of the molecule is COc1ccc(CCN2C[C@H](C(=O)Nc3nnc(C)s3)CC2=O)cc1OC. The number of methoxy groups -OCH3 is 2. The van der Waals surface area contributed by atoms with E-state index in [1.165, 1.54) is 11.3 Å². The van der Waals surface area contributed by atoms with Crippen molar-refractivity contribution in [3.63, 3.8) is 0 Å². The van der Waals surface area contributed by atoms with E-state index in [0.29, 0.717) is 36.1 Å². The Morgan fingerprint density at radius 3 is 2.74 bits per heavy atom. The molecule has 1 atom stereocenters. The van der Waals surface area contributed by atoms with Crippen molar-refractivity contribution in [2.75, 3.05) is 32.6 Å². The summed E-state index contributed by atoms with van der Waals surface area (Å²) in [4.78, 5) is 26.4. The molecule has 0 radical (unpaired) electrons. The molecule has 2 heterocycles. The maximum absolute atomic E-state index is 12.4. The summed E-state index contributed by atoms with van der Waals surface area (Å²) >= 11 is 1.32. The molecule has 0 saturated carbocycles. The van der Waals surface area contributed by atoms with Gasteiger partial charge in [-0.25, -0.2) is 0 Å². The van der Waals surface area contributed by atoms with Crippen LogP contribution in [-0.4, -0.2) is 54.2 Å². The lowest BCUT2D eigenvalue weighted by Gasteiger charge is -2.17. The Bertz CT molecular complexity index is 839. The summed E-state index contributed by atoms with van der Waals surface area (Å²) in [5.74, 6) is 0.763. The first kappa shape index (κ1) is 19.1. The van der Waals surface area contributed by atoms with Gasteiger partial charge in [0.25, 0.3) is 0 Å². The van der Waals surface area contributed by atoms with E-state index < -0.39 is 0 Å². The molecule has 1 aliphatic heterocycles. The summed E-state index contributed by atoms with van der Waals surface area (Å²) < 4.78 is 10.5. The van der Waals surface area contributed by atoms with E-state index in [1.54, 1.807) is 19.1 Å². The molecule has 2 aromatic rings. The van der Waals surface area contributed by atoms with Crippen LogP contribution in [0, 0.1) is 12.8 Å². The highest BCUT2D eigenvalue weighted by molar-refractivity contribution is 7.15. The molecule has 0 aliphatic carbocycles. The third-order valence-corrected chi connectivity index (χ3v) is 5.21. The summed E-state index contributed by atoms with van der Waals surface area (Å²) in [6, 6.07) is 5.70. The van der Waals surface area contributed by atoms with Gasteiger partial charge in [0.15, 0.2) is 11.5 Å². The van der Waals surface area contributed by atoms with Gasteiger partial charge in [0.1, 0.15) is 5.01 Å². The van der Waals surface area contributed by atoms with E-state index in [2.05, 4.69) is 15.5 Å². The Morgan fingerprint density at radius 2 is 2.07 bits per heavy atom. The maximum Gasteiger partial charge on any atom is 0.231 e. The van der Waals surface area contributed by atoms with Crippen molar-refractivity contribution in [1.29, 1.82) is 0 Å². The number of rotatable bonds is 7. The lowest BCUT2D eigenvalue weighted by atomic mass is 10.1. The Labute approximate surface area is 161 Å². The number of ether oxygens (including phenoxy) is 2. The lowest BCUT2D eigenvalue weighted by molar-refractivity contribution is -0.128. The van der Waals surface area contributed by atoms with Crippen LogP contribution in [0.5, 0.6) is 11.5 Å². The number of hydrogen-bond donors (Lipinski definition) is 1. The first-order valence-corrected chi connectivity index (χ1v) is 9.41. The van der Waals surface area contributed by atoms with Crippen LogP contribution in [-0.2, 0) is 16.0 Å². The van der Waals surface area contributed by atoms with Crippen LogP contribution in [0.4, 0.5) is 5.13 Å². The molecular formula is C18H22N4O4S. The van der Waals surface area contributed by atoms with Gasteiger partial charge in [-0.15, -0.1) is 10.2 Å². The molecule has 8 nitrogen and oxygen atoms in total. The zero-order valence-electron chi connectivity index (χ0n) is 15.5. The molecule has 144 valence electrons. The maximum atomic E-state index is 12.4. The van der Waals surface area contributed by atoms with E-state index in [4.69, 9.17) is 9.47 Å². The minimum Gasteiger partial charge on any atom is -0.493 e. The summed E-state index contributed by atoms with van der Waals surface area (Å²) in [6.07, 6.45) is 0.894. The molecule has 0 unspecified atom stereocenters. The van der Waals surface area contributed by atoms with Crippen molar-refractivity contribution < 1.29 is 19.1 Å². The quantitative estimate of drug-likeness (QED) is 0.776. The minimum atomic E-state index is -0.368. The van der Waals surface area contributed by atoms with Crippen LogP contribution in [0.25, 0.3) is 0 Å². The van der Waals surface area contributed by atoms with Crippen LogP contribution in [0.15, 0.2) is 18.2 Å². The van der Waals surface area contributed by atoms with Gasteiger partial charge in [-0.05, 0) is 31.0 Å². The monoisotopic (exact) mass is 390 g/mol. The molecule has 1 aromatic heterocycles. The first-order chi connectivity index (χ1) is 13.0. The van der Waals surface area contributed by atoms with Crippen molar-refractivity contribution in [3.05, 3.63) is 28.8 Å². The average molecular weight is 390 g/mol. The fourth-order valence-electron chi connectivity index (χ4n) is 3.02. The smallest absolute Gasteiger partial charge is 0.231 e. The summed E-state index contributed by atoms with van der Waals surface area (Å²) in [6.45, 7) is 2.79. The molecule has 2 amide bonds. The molecule has 3 rings (SSSR count). The van der Waals surface area contributed by atoms with Gasteiger partial charge in [0.2, 0.25) is 16.9 Å². The molecule has 1 aliphatic rings. The second-order valence-electron chi connectivity index (χ2n) is 6.30. The van der Waals surface area contributed by atoms with Gasteiger partial charge in [-0.2, -0.15) is 0 Å². The number of anilines is 1. The number of aryl methyl sites for hydroxylation is 1. The highest BCUT2D eigenvalue weighted by Crippen LogP contribution is 2.28. The van der Waals surface area contributed by atoms with Gasteiger partial charge in [-0.1, -0.05) is 17.4 Å². The van der Waals surface area contributed by atoms with Crippen molar-refractivity contribution in [2.45, 2.75) is 19.8 Å². The van der Waals surface area contributed by atoms with Gasteiger partial charge in [0.05, 0.1) is 20.1 Å². The average Bonchev–Trinajstić information content (AvgIpc) is 3.24. The van der Waals surface area contributed by atoms with Crippen molar-refractivity contribution >= 4 is 28.3 Å². The standard InChI is InChI=1S/C18H22N4O4S/c1-11-20-21-18(27-11)19-17(24)13-9-16(23)22(10-13)7-6-12-4-5-14(25-2)15(8-12)26-3/h4-5,8,13H,6-7,9-10H2,1-3H3,(H,19,21,24)/t13-/m1/s1. The largest absolute Gasteiger partial charge is 0.493 e. The number of hydrogen-bond acceptors (Lipinski definition) is 7. The third kappa shape index (κ3) is 4.54. The van der Waals surface area contributed by atoms with Crippen LogP contribution in [0.3, 0.4) is 0 Å². The number of aromatic nitrogens is 2. The molecule has 9 heteroatoms. The topological polar surface area (TPSA) is 93.6 Å². The van der Waals surface area contributed by atoms with Crippen LogP contribution in [0.2, 0.25) is 0 Å². The molecule has 0 spiro atoms. The summed E-state index contributed by atoms with van der Waals surface area (Å²) in [7, 11) is 3.18. The molecular weight excluding hydrogens is 368 g/mol. The predicted molar refractivity (Wildman–Crippen MR) is 101 cm³/mol. The van der Waals surface area contributed by atoms with Crippen LogP contribution in [0.1, 0.15) is 17.0 Å². The molecule has 1 N–H and O–H groups in total. The molecule has 1 saturated heterocycles. The molecule has 27 heavy (non-hydrogen) atoms. The number of amides is 2. The third-order valence-electron chi connectivity index (χ3n) is 4.46. The number of nitrogens with one attached hydrogen (secondary N) is 1. The predicted octanol–water partition coefficient (Wildman–Crippen LogP) is 1.89. The van der Waals surface area contributed by atoms with Gasteiger partial charge < -0.3 is 19.7 Å². The fraction of sp³-hybridized carbons (Fsp3) is 0.444. The molecule has 1 aromatic carbocycles. The van der Waals surface area contributed by atoms with Crippen molar-refractivity contribution in [1.82, 2.24) is 15.1 Å². The zero-order chi connectivity index (χ0) is 19.4.